The molecule has 5 rings (SSSR count). The Labute approximate surface area is 174 Å². The van der Waals surface area contributed by atoms with Crippen LogP contribution in [0.3, 0.4) is 0 Å². The summed E-state index contributed by atoms with van der Waals surface area (Å²) >= 11 is 0. The number of morpholine rings is 2. The largest absolute Gasteiger partial charge is 0.378 e. The molecule has 3 aromatic rings. The van der Waals surface area contributed by atoms with Crippen molar-refractivity contribution in [3.05, 3.63) is 36.3 Å². The number of aromatic nitrogens is 4. The minimum atomic E-state index is 0.647. The van der Waals surface area contributed by atoms with Gasteiger partial charge in [0.15, 0.2) is 5.76 Å². The normalized spacial score (nSPS) is 17.4. The van der Waals surface area contributed by atoms with Crippen LogP contribution in [-0.4, -0.2) is 72.7 Å². The Morgan fingerprint density at radius 2 is 1.60 bits per heavy atom. The molecule has 2 saturated heterocycles. The zero-order valence-electron chi connectivity index (χ0n) is 17.0. The highest BCUT2D eigenvalue weighted by Crippen LogP contribution is 2.32. The summed E-state index contributed by atoms with van der Waals surface area (Å²) in [6, 6.07) is 5.98. The van der Waals surface area contributed by atoms with E-state index in [1.807, 2.05) is 31.5 Å². The van der Waals surface area contributed by atoms with Gasteiger partial charge in [-0.2, -0.15) is 0 Å². The fourth-order valence-corrected chi connectivity index (χ4v) is 3.68. The molecule has 0 saturated carbocycles. The van der Waals surface area contributed by atoms with Crippen LogP contribution < -0.4 is 9.80 Å². The summed E-state index contributed by atoms with van der Waals surface area (Å²) in [6.45, 7) is 7.96. The number of nitrogens with zero attached hydrogens (tertiary/aromatic N) is 6. The number of anilines is 2. The molecule has 5 heterocycles. The Balaban J connectivity index is 1.52. The van der Waals surface area contributed by atoms with Crippen molar-refractivity contribution in [3.8, 4) is 22.6 Å². The van der Waals surface area contributed by atoms with Crippen LogP contribution in [0.4, 0.5) is 11.8 Å². The molecule has 2 aliphatic heterocycles. The van der Waals surface area contributed by atoms with Crippen molar-refractivity contribution in [2.24, 2.45) is 0 Å². The van der Waals surface area contributed by atoms with Gasteiger partial charge >= 0.3 is 0 Å². The molecule has 0 radical (unpaired) electrons. The Morgan fingerprint density at radius 3 is 2.23 bits per heavy atom. The lowest BCUT2D eigenvalue weighted by Gasteiger charge is -2.28. The second-order valence-electron chi connectivity index (χ2n) is 7.37. The summed E-state index contributed by atoms with van der Waals surface area (Å²) in [5.74, 6) is 2.28. The Hall–Kier alpha value is -3.04. The SMILES string of the molecule is Cc1cc(-c2cnc(N3CCOCC3)nc2-c2ccc(N3CCOCC3)nc2)on1. The van der Waals surface area contributed by atoms with E-state index in [0.29, 0.717) is 24.9 Å². The van der Waals surface area contributed by atoms with Crippen LogP contribution in [-0.2, 0) is 9.47 Å². The van der Waals surface area contributed by atoms with Crippen molar-refractivity contribution in [1.29, 1.82) is 0 Å². The second-order valence-corrected chi connectivity index (χ2v) is 7.37. The molecule has 3 aromatic heterocycles. The van der Waals surface area contributed by atoms with Gasteiger partial charge in [0.1, 0.15) is 5.82 Å². The molecule has 0 unspecified atom stereocenters. The molecule has 156 valence electrons. The molecule has 30 heavy (non-hydrogen) atoms. The molecule has 0 atom stereocenters. The van der Waals surface area contributed by atoms with Crippen LogP contribution >= 0.6 is 0 Å². The van der Waals surface area contributed by atoms with Gasteiger partial charge in [0.25, 0.3) is 0 Å². The molecule has 0 amide bonds. The van der Waals surface area contributed by atoms with Crippen molar-refractivity contribution in [2.45, 2.75) is 6.92 Å². The fraction of sp³-hybridized carbons (Fsp3) is 0.429. The predicted octanol–water partition coefficient (Wildman–Crippen LogP) is 2.18. The fourth-order valence-electron chi connectivity index (χ4n) is 3.68. The van der Waals surface area contributed by atoms with Gasteiger partial charge in [-0.15, -0.1) is 0 Å². The van der Waals surface area contributed by atoms with Gasteiger partial charge in [0.05, 0.1) is 43.4 Å². The highest BCUT2D eigenvalue weighted by Gasteiger charge is 2.20. The summed E-state index contributed by atoms with van der Waals surface area (Å²) in [5, 5.41) is 4.02. The average molecular weight is 408 g/mol. The lowest BCUT2D eigenvalue weighted by molar-refractivity contribution is 0.122. The molecule has 2 fully saturated rings. The van der Waals surface area contributed by atoms with E-state index in [0.717, 1.165) is 67.7 Å². The van der Waals surface area contributed by atoms with Crippen LogP contribution in [0.25, 0.3) is 22.6 Å². The maximum atomic E-state index is 5.51. The van der Waals surface area contributed by atoms with Gasteiger partial charge < -0.3 is 23.8 Å². The van der Waals surface area contributed by atoms with Gasteiger partial charge in [-0.3, -0.25) is 0 Å². The molecule has 0 bridgehead atoms. The van der Waals surface area contributed by atoms with Gasteiger partial charge in [-0.1, -0.05) is 5.16 Å². The summed E-state index contributed by atoms with van der Waals surface area (Å²) < 4.78 is 16.4. The monoisotopic (exact) mass is 408 g/mol. The molecule has 0 spiro atoms. The zero-order valence-corrected chi connectivity index (χ0v) is 17.0. The highest BCUT2D eigenvalue weighted by atomic mass is 16.5. The Kier molecular flexibility index (Phi) is 5.29. The maximum Gasteiger partial charge on any atom is 0.226 e. The molecule has 0 aliphatic carbocycles. The van der Waals surface area contributed by atoms with Gasteiger partial charge in [0.2, 0.25) is 5.95 Å². The topological polar surface area (TPSA) is 89.6 Å². The van der Waals surface area contributed by atoms with Crippen LogP contribution in [0.2, 0.25) is 0 Å². The lowest BCUT2D eigenvalue weighted by Crippen LogP contribution is -2.37. The van der Waals surface area contributed by atoms with E-state index in [1.165, 1.54) is 0 Å². The molecule has 2 aliphatic rings. The van der Waals surface area contributed by atoms with Gasteiger partial charge in [-0.05, 0) is 19.1 Å². The standard InChI is InChI=1S/C21H24N6O3/c1-15-12-18(30-25-15)17-14-23-21(27-6-10-29-11-7-27)24-20(17)16-2-3-19(22-13-16)26-4-8-28-9-5-26/h2-3,12-14H,4-11H2,1H3. The third-order valence-electron chi connectivity index (χ3n) is 5.32. The molecule has 9 nitrogen and oxygen atoms in total. The summed E-state index contributed by atoms with van der Waals surface area (Å²) in [4.78, 5) is 18.5. The number of pyridine rings is 1. The molecule has 0 aromatic carbocycles. The summed E-state index contributed by atoms with van der Waals surface area (Å²) in [7, 11) is 0. The summed E-state index contributed by atoms with van der Waals surface area (Å²) in [6.07, 6.45) is 3.67. The second kappa shape index (κ2) is 8.37. The number of rotatable bonds is 4. The van der Waals surface area contributed by atoms with Crippen LogP contribution in [0.5, 0.6) is 0 Å². The lowest BCUT2D eigenvalue weighted by atomic mass is 10.1. The first-order valence-electron chi connectivity index (χ1n) is 10.2. The minimum Gasteiger partial charge on any atom is -0.378 e. The average Bonchev–Trinajstić information content (AvgIpc) is 3.26. The third kappa shape index (κ3) is 3.86. The van der Waals surface area contributed by atoms with E-state index in [1.54, 1.807) is 0 Å². The molecule has 0 N–H and O–H groups in total. The summed E-state index contributed by atoms with van der Waals surface area (Å²) in [5.41, 5.74) is 3.30. The smallest absolute Gasteiger partial charge is 0.226 e. The van der Waals surface area contributed by atoms with E-state index in [4.69, 9.17) is 24.0 Å². The van der Waals surface area contributed by atoms with Crippen molar-refractivity contribution in [3.63, 3.8) is 0 Å². The Morgan fingerprint density at radius 1 is 0.867 bits per heavy atom. The quantitative estimate of drug-likeness (QED) is 0.644. The van der Waals surface area contributed by atoms with E-state index in [9.17, 15) is 0 Å². The van der Waals surface area contributed by atoms with E-state index in [-0.39, 0.29) is 0 Å². The van der Waals surface area contributed by atoms with Crippen LogP contribution in [0.1, 0.15) is 5.69 Å². The van der Waals surface area contributed by atoms with Crippen LogP contribution in [0.15, 0.2) is 35.1 Å². The molecular formula is C21H24N6O3. The first-order valence-corrected chi connectivity index (χ1v) is 10.2. The first kappa shape index (κ1) is 19.0. The van der Waals surface area contributed by atoms with Crippen molar-refractivity contribution in [2.75, 3.05) is 62.4 Å². The zero-order chi connectivity index (χ0) is 20.3. The minimum absolute atomic E-state index is 0.647. The van der Waals surface area contributed by atoms with E-state index < -0.39 is 0 Å². The van der Waals surface area contributed by atoms with Crippen molar-refractivity contribution < 1.29 is 14.0 Å². The maximum absolute atomic E-state index is 5.51. The molecular weight excluding hydrogens is 384 g/mol. The number of ether oxygens (including phenoxy) is 2. The molecule has 9 heteroatoms. The van der Waals surface area contributed by atoms with Gasteiger partial charge in [-0.25, -0.2) is 15.0 Å². The van der Waals surface area contributed by atoms with Gasteiger partial charge in [0, 0.05) is 50.2 Å². The number of hydrogen-bond acceptors (Lipinski definition) is 9. The van der Waals surface area contributed by atoms with Crippen LogP contribution in [0, 0.1) is 6.92 Å². The predicted molar refractivity (Wildman–Crippen MR) is 112 cm³/mol. The number of hydrogen-bond donors (Lipinski definition) is 0. The first-order chi connectivity index (χ1) is 14.8. The third-order valence-corrected chi connectivity index (χ3v) is 5.32. The van der Waals surface area contributed by atoms with Crippen molar-refractivity contribution >= 4 is 11.8 Å². The number of aryl methyl sites for hydroxylation is 1. The van der Waals surface area contributed by atoms with E-state index in [2.05, 4.69) is 26.0 Å². The van der Waals surface area contributed by atoms with Crippen molar-refractivity contribution in [1.82, 2.24) is 20.1 Å². The Bertz CT molecular complexity index is 994. The highest BCUT2D eigenvalue weighted by molar-refractivity contribution is 5.78. The van der Waals surface area contributed by atoms with E-state index >= 15 is 0 Å².